The van der Waals surface area contributed by atoms with Crippen molar-refractivity contribution in [3.63, 3.8) is 0 Å². The Balaban J connectivity index is 1.66. The molecule has 0 aliphatic rings. The van der Waals surface area contributed by atoms with Crippen molar-refractivity contribution in [1.82, 2.24) is 4.57 Å². The fourth-order valence-corrected chi connectivity index (χ4v) is 5.04. The van der Waals surface area contributed by atoms with E-state index >= 15 is 0 Å². The fourth-order valence-electron chi connectivity index (χ4n) is 5.04. The molecule has 1 heterocycles. The molecule has 0 unspecified atom stereocenters. The molecule has 0 atom stereocenters. The van der Waals surface area contributed by atoms with Crippen molar-refractivity contribution < 1.29 is 33.8 Å². The van der Waals surface area contributed by atoms with Crippen LogP contribution < -0.4 is 4.74 Å². The molecule has 0 saturated carbocycles. The summed E-state index contributed by atoms with van der Waals surface area (Å²) in [7, 11) is 1.29. The van der Waals surface area contributed by atoms with Gasteiger partial charge in [0.1, 0.15) is 12.4 Å². The van der Waals surface area contributed by atoms with Gasteiger partial charge in [0.15, 0.2) is 11.6 Å². The number of carbonyl (C=O) groups is 4. The quantitative estimate of drug-likeness (QED) is 0.104. The van der Waals surface area contributed by atoms with E-state index < -0.39 is 11.9 Å². The highest BCUT2D eigenvalue weighted by atomic mass is 16.5. The second-order valence-electron chi connectivity index (χ2n) is 10.4. The van der Waals surface area contributed by atoms with Gasteiger partial charge in [0, 0.05) is 35.0 Å². The van der Waals surface area contributed by atoms with E-state index in [9.17, 15) is 24.3 Å². The highest BCUT2D eigenvalue weighted by Gasteiger charge is 2.22. The Bertz CT molecular complexity index is 1350. The number of benzene rings is 2. The number of aryl methyl sites for hydroxylation is 1. The highest BCUT2D eigenvalue weighted by Crippen LogP contribution is 2.29. The summed E-state index contributed by atoms with van der Waals surface area (Å²) >= 11 is 0. The van der Waals surface area contributed by atoms with Crippen LogP contribution in [0.5, 0.6) is 5.75 Å². The number of nitrogens with zero attached hydrogens (tertiary/aromatic N) is 1. The van der Waals surface area contributed by atoms with Gasteiger partial charge in [-0.3, -0.25) is 14.4 Å². The Morgan fingerprint density at radius 3 is 2.27 bits per heavy atom. The minimum Gasteiger partial charge on any atom is -0.486 e. The molecule has 0 saturated heterocycles. The number of carbonyl (C=O) groups excluding carboxylic acids is 3. The lowest BCUT2D eigenvalue weighted by Gasteiger charge is -2.10. The largest absolute Gasteiger partial charge is 0.486 e. The minimum atomic E-state index is -1.11. The lowest BCUT2D eigenvalue weighted by Crippen LogP contribution is -2.19. The lowest BCUT2D eigenvalue weighted by atomic mass is 10.0. The maximum atomic E-state index is 13.2. The van der Waals surface area contributed by atoms with E-state index in [1.807, 2.05) is 24.3 Å². The number of hydrogen-bond acceptors (Lipinski definition) is 6. The van der Waals surface area contributed by atoms with Gasteiger partial charge in [0.2, 0.25) is 0 Å². The van der Waals surface area contributed by atoms with Crippen LogP contribution in [0.4, 0.5) is 0 Å². The maximum Gasteiger partial charge on any atom is 0.335 e. The van der Waals surface area contributed by atoms with E-state index in [0.717, 1.165) is 12.8 Å². The Morgan fingerprint density at radius 2 is 1.59 bits per heavy atom. The fraction of sp³-hybridized carbons (Fsp3) is 0.455. The summed E-state index contributed by atoms with van der Waals surface area (Å²) in [6, 6.07) is 12.4. The number of ketones is 2. The van der Waals surface area contributed by atoms with Gasteiger partial charge in [0.05, 0.1) is 19.2 Å². The number of aromatic carboxylic acids is 1. The molecule has 8 heteroatoms. The highest BCUT2D eigenvalue weighted by molar-refractivity contribution is 6.11. The molecule has 41 heavy (non-hydrogen) atoms. The Hall–Kier alpha value is -3.94. The van der Waals surface area contributed by atoms with E-state index in [4.69, 9.17) is 4.74 Å². The molecule has 2 aromatic carbocycles. The van der Waals surface area contributed by atoms with Crippen LogP contribution in [-0.4, -0.2) is 46.9 Å². The summed E-state index contributed by atoms with van der Waals surface area (Å²) in [4.78, 5) is 49.2. The summed E-state index contributed by atoms with van der Waals surface area (Å²) in [5.74, 6) is -1.30. The minimum absolute atomic E-state index is 0.0275. The van der Waals surface area contributed by atoms with Gasteiger partial charge in [0.25, 0.3) is 0 Å². The van der Waals surface area contributed by atoms with Crippen molar-refractivity contribution in [2.45, 2.75) is 84.6 Å². The smallest absolute Gasteiger partial charge is 0.335 e. The van der Waals surface area contributed by atoms with Crippen LogP contribution in [0, 0.1) is 6.92 Å². The molecular formula is C33H41NO7. The topological polar surface area (TPSA) is 112 Å². The molecule has 1 N–H and O–H groups in total. The van der Waals surface area contributed by atoms with Crippen molar-refractivity contribution in [2.75, 3.05) is 13.7 Å². The zero-order valence-corrected chi connectivity index (χ0v) is 24.4. The number of aromatic nitrogens is 1. The predicted molar refractivity (Wildman–Crippen MR) is 158 cm³/mol. The maximum absolute atomic E-state index is 13.2. The van der Waals surface area contributed by atoms with Crippen LogP contribution in [0.3, 0.4) is 0 Å². The number of hydrogen-bond donors (Lipinski definition) is 1. The molecule has 0 spiro atoms. The summed E-state index contributed by atoms with van der Waals surface area (Å²) < 4.78 is 12.1. The average molecular weight is 564 g/mol. The van der Waals surface area contributed by atoms with Gasteiger partial charge in [-0.2, -0.15) is 0 Å². The van der Waals surface area contributed by atoms with Crippen molar-refractivity contribution in [3.05, 3.63) is 64.8 Å². The first-order chi connectivity index (χ1) is 19.7. The van der Waals surface area contributed by atoms with E-state index in [2.05, 4.69) is 11.7 Å². The van der Waals surface area contributed by atoms with Gasteiger partial charge in [-0.1, -0.05) is 51.2 Å². The van der Waals surface area contributed by atoms with Crippen LogP contribution in [0.25, 0.3) is 10.9 Å². The van der Waals surface area contributed by atoms with Gasteiger partial charge >= 0.3 is 11.9 Å². The summed E-state index contributed by atoms with van der Waals surface area (Å²) in [6.45, 7) is 3.80. The van der Waals surface area contributed by atoms with Crippen molar-refractivity contribution >= 4 is 34.4 Å². The number of carboxylic acids is 1. The van der Waals surface area contributed by atoms with E-state index in [-0.39, 0.29) is 43.1 Å². The summed E-state index contributed by atoms with van der Waals surface area (Å²) in [5, 5.41) is 9.96. The zero-order chi connectivity index (χ0) is 29.8. The van der Waals surface area contributed by atoms with E-state index in [1.165, 1.54) is 56.9 Å². The van der Waals surface area contributed by atoms with Gasteiger partial charge in [-0.15, -0.1) is 0 Å². The third-order valence-electron chi connectivity index (χ3n) is 7.34. The Morgan fingerprint density at radius 1 is 0.878 bits per heavy atom. The number of ether oxygens (including phenoxy) is 2. The standard InChI is InChI=1S/C33H41NO7/c1-4-5-6-7-8-9-11-24-14-17-27(18-15-24)41-22-26(35)21-34-23(2)32(30(36)12-10-13-31(37)40-3)28-20-25(33(38)39)16-19-29(28)34/h14-20H,4-13,21-22H2,1-3H3,(H,38,39). The molecule has 0 aliphatic carbocycles. The second kappa shape index (κ2) is 15.7. The molecule has 8 nitrogen and oxygen atoms in total. The summed E-state index contributed by atoms with van der Waals surface area (Å²) in [6.07, 6.45) is 9.06. The molecule has 1 aromatic heterocycles. The third kappa shape index (κ3) is 9.03. The first kappa shape index (κ1) is 31.6. The Kier molecular flexibility index (Phi) is 12.1. The summed E-state index contributed by atoms with van der Waals surface area (Å²) in [5.41, 5.74) is 2.82. The molecular weight excluding hydrogens is 522 g/mol. The number of carboxylic acid groups (broad SMARTS) is 1. The number of methoxy groups -OCH3 is 1. The first-order valence-electron chi connectivity index (χ1n) is 14.4. The van der Waals surface area contributed by atoms with Crippen LogP contribution in [-0.2, 0) is 27.3 Å². The van der Waals surface area contributed by atoms with E-state index in [1.54, 1.807) is 17.6 Å². The van der Waals surface area contributed by atoms with Crippen molar-refractivity contribution in [1.29, 1.82) is 0 Å². The number of Topliss-reactive ketones (excluding diaryl/α,β-unsaturated/α-hetero) is 2. The van der Waals surface area contributed by atoms with Crippen molar-refractivity contribution in [2.24, 2.45) is 0 Å². The molecule has 0 bridgehead atoms. The zero-order valence-electron chi connectivity index (χ0n) is 24.4. The second-order valence-corrected chi connectivity index (χ2v) is 10.4. The number of unbranched alkanes of at least 4 members (excludes halogenated alkanes) is 5. The average Bonchev–Trinajstić information content (AvgIpc) is 3.24. The van der Waals surface area contributed by atoms with Gasteiger partial charge in [-0.25, -0.2) is 4.79 Å². The van der Waals surface area contributed by atoms with Gasteiger partial charge < -0.3 is 19.1 Å². The molecule has 220 valence electrons. The van der Waals surface area contributed by atoms with Crippen molar-refractivity contribution in [3.8, 4) is 5.75 Å². The van der Waals surface area contributed by atoms with E-state index in [0.29, 0.717) is 34.3 Å². The van der Waals surface area contributed by atoms with Crippen LogP contribution in [0.15, 0.2) is 42.5 Å². The Labute approximate surface area is 241 Å². The number of rotatable bonds is 18. The third-order valence-corrected chi connectivity index (χ3v) is 7.34. The molecule has 0 fully saturated rings. The molecule has 3 rings (SSSR count). The molecule has 0 radical (unpaired) electrons. The monoisotopic (exact) mass is 563 g/mol. The molecule has 3 aromatic rings. The normalized spacial score (nSPS) is 11.0. The van der Waals surface area contributed by atoms with Crippen LogP contribution in [0.1, 0.15) is 96.7 Å². The molecule has 0 aliphatic heterocycles. The number of esters is 1. The SMILES string of the molecule is CCCCCCCCc1ccc(OCC(=O)Cn2c(C)c(C(=O)CCCC(=O)OC)c3cc(C(=O)O)ccc32)cc1. The van der Waals surface area contributed by atoms with Gasteiger partial charge in [-0.05, 0) is 62.1 Å². The lowest BCUT2D eigenvalue weighted by molar-refractivity contribution is -0.140. The van der Waals surface area contributed by atoms with Crippen LogP contribution in [0.2, 0.25) is 0 Å². The molecule has 0 amide bonds. The first-order valence-corrected chi connectivity index (χ1v) is 14.4. The van der Waals surface area contributed by atoms with Crippen LogP contribution >= 0.6 is 0 Å². The predicted octanol–water partition coefficient (Wildman–Crippen LogP) is 6.73. The number of fused-ring (bicyclic) bond motifs is 1.